The van der Waals surface area contributed by atoms with Crippen LogP contribution in [0.3, 0.4) is 0 Å². The van der Waals surface area contributed by atoms with Gasteiger partial charge in [-0.3, -0.25) is 19.3 Å². The maximum absolute atomic E-state index is 13.2. The van der Waals surface area contributed by atoms with Crippen LogP contribution in [0.15, 0.2) is 53.4 Å². The highest BCUT2D eigenvalue weighted by Gasteiger charge is 2.37. The number of ether oxygens (including phenoxy) is 2. The summed E-state index contributed by atoms with van der Waals surface area (Å²) in [4.78, 5) is 39.1. The van der Waals surface area contributed by atoms with E-state index in [1.54, 1.807) is 48.7 Å². The van der Waals surface area contributed by atoms with Crippen molar-refractivity contribution in [2.45, 2.75) is 20.0 Å². The van der Waals surface area contributed by atoms with Crippen molar-refractivity contribution in [2.75, 3.05) is 25.1 Å². The molecule has 0 aliphatic carbocycles. The van der Waals surface area contributed by atoms with E-state index in [9.17, 15) is 27.6 Å². The smallest absolute Gasteiger partial charge is 0.416 e. The highest BCUT2D eigenvalue weighted by atomic mass is 32.2. The van der Waals surface area contributed by atoms with Gasteiger partial charge in [0, 0.05) is 28.8 Å². The summed E-state index contributed by atoms with van der Waals surface area (Å²) in [5.41, 5.74) is 1.78. The molecule has 39 heavy (non-hydrogen) atoms. The number of nitrogens with zero attached hydrogens (tertiary/aromatic N) is 2. The van der Waals surface area contributed by atoms with Gasteiger partial charge in [-0.15, -0.1) is 0 Å². The number of halogens is 3. The highest BCUT2D eigenvalue weighted by Crippen LogP contribution is 2.36. The molecule has 8 nitrogen and oxygen atoms in total. The lowest BCUT2D eigenvalue weighted by Crippen LogP contribution is -2.36. The zero-order valence-corrected chi connectivity index (χ0v) is 21.6. The first-order valence-electron chi connectivity index (χ1n) is 11.8. The molecule has 0 unspecified atom stereocenters. The lowest BCUT2D eigenvalue weighted by molar-refractivity contribution is -0.137. The Bertz CT molecular complexity index is 1530. The fourth-order valence-corrected chi connectivity index (χ4v) is 5.22. The number of fused-ring (bicyclic) bond motifs is 1. The fraction of sp³-hybridized carbons (Fsp3) is 0.222. The summed E-state index contributed by atoms with van der Waals surface area (Å²) in [7, 11) is 0. The number of alkyl halides is 3. The van der Waals surface area contributed by atoms with Crippen LogP contribution >= 0.6 is 11.8 Å². The molecule has 0 atom stereocenters. The minimum absolute atomic E-state index is 0.108. The lowest BCUT2D eigenvalue weighted by atomic mass is 10.2. The van der Waals surface area contributed by atoms with Gasteiger partial charge in [-0.2, -0.15) is 13.2 Å². The predicted molar refractivity (Wildman–Crippen MR) is 139 cm³/mol. The lowest BCUT2D eigenvalue weighted by Gasteiger charge is -2.19. The van der Waals surface area contributed by atoms with E-state index >= 15 is 0 Å². The molecule has 0 spiro atoms. The summed E-state index contributed by atoms with van der Waals surface area (Å²) < 4.78 is 52.3. The molecule has 5 rings (SSSR count). The SMILES string of the molecule is Cc1cc(/C=C2\SC(=O)N(CC(=O)Nc3ccc4c(c3)OCCO4)C2=O)c(C)n1-c1cccc(C(F)(F)F)c1. The van der Waals surface area contributed by atoms with E-state index < -0.39 is 35.3 Å². The van der Waals surface area contributed by atoms with Crippen LogP contribution in [0.2, 0.25) is 0 Å². The number of carbonyl (C=O) groups is 3. The van der Waals surface area contributed by atoms with Crippen LogP contribution < -0.4 is 14.8 Å². The van der Waals surface area contributed by atoms with Gasteiger partial charge in [0.2, 0.25) is 5.91 Å². The number of nitrogens with one attached hydrogen (secondary N) is 1. The molecule has 0 bridgehead atoms. The number of amides is 3. The number of anilines is 1. The molecule has 1 saturated heterocycles. The van der Waals surface area contributed by atoms with Crippen molar-refractivity contribution in [2.24, 2.45) is 0 Å². The van der Waals surface area contributed by atoms with Gasteiger partial charge >= 0.3 is 6.18 Å². The van der Waals surface area contributed by atoms with Gasteiger partial charge in [0.05, 0.1) is 10.5 Å². The van der Waals surface area contributed by atoms with Gasteiger partial charge < -0.3 is 19.4 Å². The standard InChI is InChI=1S/C27H22F3N3O5S/c1-15-10-17(16(2)33(15)20-5-3-4-18(12-20)27(28,29)30)11-23-25(35)32(26(36)39-23)14-24(34)31-19-6-7-21-22(13-19)38-9-8-37-21/h3-7,10-13H,8-9,14H2,1-2H3,(H,31,34)/b23-11-. The van der Waals surface area contributed by atoms with Crippen molar-refractivity contribution in [3.8, 4) is 17.2 Å². The zero-order valence-electron chi connectivity index (χ0n) is 20.8. The van der Waals surface area contributed by atoms with Gasteiger partial charge in [-0.25, -0.2) is 0 Å². The molecule has 3 heterocycles. The van der Waals surface area contributed by atoms with Crippen molar-refractivity contribution < 1.29 is 37.0 Å². The van der Waals surface area contributed by atoms with Gasteiger partial charge in [-0.1, -0.05) is 6.07 Å². The van der Waals surface area contributed by atoms with E-state index in [-0.39, 0.29) is 4.91 Å². The Morgan fingerprint density at radius 2 is 1.79 bits per heavy atom. The number of hydrogen-bond acceptors (Lipinski definition) is 6. The van der Waals surface area contributed by atoms with Crippen LogP contribution in [0.5, 0.6) is 11.5 Å². The van der Waals surface area contributed by atoms with Crippen molar-refractivity contribution >= 4 is 40.6 Å². The average Bonchev–Trinajstić information content (AvgIpc) is 3.32. The Labute approximate surface area is 225 Å². The molecule has 1 fully saturated rings. The van der Waals surface area contributed by atoms with Crippen molar-refractivity contribution in [3.05, 3.63) is 76.0 Å². The molecule has 12 heteroatoms. The summed E-state index contributed by atoms with van der Waals surface area (Å²) in [5, 5.41) is 2.04. The van der Waals surface area contributed by atoms with Crippen LogP contribution in [-0.2, 0) is 15.8 Å². The number of benzene rings is 2. The quantitative estimate of drug-likeness (QED) is 0.414. The second-order valence-corrected chi connectivity index (χ2v) is 9.88. The van der Waals surface area contributed by atoms with Crippen LogP contribution in [0, 0.1) is 13.8 Å². The van der Waals surface area contributed by atoms with Crippen LogP contribution in [-0.4, -0.2) is 46.3 Å². The minimum atomic E-state index is -4.49. The molecular weight excluding hydrogens is 535 g/mol. The third-order valence-corrected chi connectivity index (χ3v) is 7.10. The number of imide groups is 1. The summed E-state index contributed by atoms with van der Waals surface area (Å²) in [6, 6.07) is 11.5. The first-order chi connectivity index (χ1) is 18.5. The molecule has 3 aromatic rings. The van der Waals surface area contributed by atoms with E-state index in [0.717, 1.165) is 17.0 Å². The molecule has 1 N–H and O–H groups in total. The highest BCUT2D eigenvalue weighted by molar-refractivity contribution is 8.18. The third kappa shape index (κ3) is 5.37. The van der Waals surface area contributed by atoms with Crippen LogP contribution in [0.1, 0.15) is 22.5 Å². The second kappa shape index (κ2) is 10.2. The predicted octanol–water partition coefficient (Wildman–Crippen LogP) is 5.56. The maximum atomic E-state index is 13.2. The van der Waals surface area contributed by atoms with Crippen LogP contribution in [0.4, 0.5) is 23.7 Å². The van der Waals surface area contributed by atoms with Gasteiger partial charge in [0.25, 0.3) is 11.1 Å². The molecule has 2 aliphatic rings. The minimum Gasteiger partial charge on any atom is -0.486 e. The Balaban J connectivity index is 1.32. The monoisotopic (exact) mass is 557 g/mol. The topological polar surface area (TPSA) is 89.9 Å². The molecule has 1 aromatic heterocycles. The largest absolute Gasteiger partial charge is 0.486 e. The third-order valence-electron chi connectivity index (χ3n) is 6.19. The van der Waals surface area contributed by atoms with Crippen LogP contribution in [0.25, 0.3) is 11.8 Å². The van der Waals surface area contributed by atoms with E-state index in [2.05, 4.69) is 5.32 Å². The zero-order chi connectivity index (χ0) is 27.9. The molecular formula is C27H22F3N3O5S. The summed E-state index contributed by atoms with van der Waals surface area (Å²) in [5.74, 6) is -0.164. The number of rotatable bonds is 5. The van der Waals surface area contributed by atoms with Crippen molar-refractivity contribution in [1.29, 1.82) is 0 Å². The van der Waals surface area contributed by atoms with Gasteiger partial charge in [0.1, 0.15) is 19.8 Å². The first kappa shape index (κ1) is 26.4. The average molecular weight is 558 g/mol. The molecule has 3 amide bonds. The number of hydrogen-bond donors (Lipinski definition) is 1. The number of carbonyl (C=O) groups excluding carboxylic acids is 3. The van der Waals surface area contributed by atoms with Gasteiger partial charge in [0.15, 0.2) is 11.5 Å². The summed E-state index contributed by atoms with van der Waals surface area (Å²) in [6.45, 7) is 3.78. The Morgan fingerprint density at radius 3 is 2.54 bits per heavy atom. The Kier molecular flexibility index (Phi) is 6.89. The Morgan fingerprint density at radius 1 is 1.05 bits per heavy atom. The molecule has 202 valence electrons. The normalized spacial score (nSPS) is 16.2. The Hall–Kier alpha value is -4.19. The van der Waals surface area contributed by atoms with E-state index in [4.69, 9.17) is 9.47 Å². The first-order valence-corrected chi connectivity index (χ1v) is 12.6. The molecule has 2 aliphatic heterocycles. The molecule has 0 radical (unpaired) electrons. The fourth-order valence-electron chi connectivity index (χ4n) is 4.40. The number of aryl methyl sites for hydroxylation is 1. The van der Waals surface area contributed by atoms with Crippen molar-refractivity contribution in [3.63, 3.8) is 0 Å². The molecule has 2 aromatic carbocycles. The van der Waals surface area contributed by atoms with E-state index in [0.29, 0.717) is 64.8 Å². The summed E-state index contributed by atoms with van der Waals surface area (Å²) in [6.07, 6.45) is -2.98. The van der Waals surface area contributed by atoms with E-state index in [1.165, 1.54) is 12.1 Å². The van der Waals surface area contributed by atoms with Gasteiger partial charge in [-0.05, 0) is 73.6 Å². The molecule has 0 saturated carbocycles. The maximum Gasteiger partial charge on any atom is 0.416 e. The second-order valence-electron chi connectivity index (χ2n) is 8.88. The summed E-state index contributed by atoms with van der Waals surface area (Å²) >= 11 is 0.693. The number of thioether (sulfide) groups is 1. The van der Waals surface area contributed by atoms with Crippen molar-refractivity contribution in [1.82, 2.24) is 9.47 Å². The number of aromatic nitrogens is 1. The van der Waals surface area contributed by atoms with E-state index in [1.807, 2.05) is 0 Å².